The lowest BCUT2D eigenvalue weighted by Crippen LogP contribution is -2.43. The highest BCUT2D eigenvalue weighted by molar-refractivity contribution is 5.21. The van der Waals surface area contributed by atoms with Gasteiger partial charge in [0, 0.05) is 13.0 Å². The van der Waals surface area contributed by atoms with E-state index in [1.165, 1.54) is 6.07 Å². The van der Waals surface area contributed by atoms with Gasteiger partial charge < -0.3 is 14.9 Å². The van der Waals surface area contributed by atoms with Crippen LogP contribution in [0.3, 0.4) is 0 Å². The third-order valence-corrected chi connectivity index (χ3v) is 3.53. The van der Waals surface area contributed by atoms with Crippen LogP contribution in [0.5, 0.6) is 0 Å². The Balaban J connectivity index is 1.78. The van der Waals surface area contributed by atoms with Crippen LogP contribution in [0, 0.1) is 5.82 Å². The number of halogens is 1. The summed E-state index contributed by atoms with van der Waals surface area (Å²) in [6.07, 6.45) is 1.68. The molecule has 3 rings (SSSR count). The zero-order valence-corrected chi connectivity index (χ0v) is 11.0. The monoisotopic (exact) mass is 277 g/mol. The molecule has 1 aromatic carbocycles. The van der Waals surface area contributed by atoms with Crippen molar-refractivity contribution in [2.75, 3.05) is 13.1 Å². The topological polar surface area (TPSA) is 71.2 Å². The summed E-state index contributed by atoms with van der Waals surface area (Å²) in [6, 6.07) is 6.48. The molecule has 106 valence electrons. The third-order valence-electron chi connectivity index (χ3n) is 3.53. The van der Waals surface area contributed by atoms with Gasteiger partial charge >= 0.3 is 0 Å². The Bertz CT molecular complexity index is 594. The molecular weight excluding hydrogens is 261 g/mol. The van der Waals surface area contributed by atoms with E-state index in [9.17, 15) is 9.50 Å². The van der Waals surface area contributed by atoms with Gasteiger partial charge in [-0.25, -0.2) is 4.39 Å². The van der Waals surface area contributed by atoms with Crippen molar-refractivity contribution in [3.05, 3.63) is 47.4 Å². The quantitative estimate of drug-likeness (QED) is 0.886. The van der Waals surface area contributed by atoms with Crippen LogP contribution in [0.25, 0.3) is 0 Å². The Morgan fingerprint density at radius 3 is 3.00 bits per heavy atom. The highest BCUT2D eigenvalue weighted by Crippen LogP contribution is 2.27. The predicted octanol–water partition coefficient (Wildman–Crippen LogP) is 1.37. The van der Waals surface area contributed by atoms with E-state index in [1.807, 2.05) is 0 Å². The van der Waals surface area contributed by atoms with Crippen LogP contribution in [-0.2, 0) is 12.0 Å². The minimum atomic E-state index is -1.11. The summed E-state index contributed by atoms with van der Waals surface area (Å²) in [4.78, 5) is 4.21. The van der Waals surface area contributed by atoms with E-state index in [0.717, 1.165) is 13.0 Å². The molecule has 2 N–H and O–H groups in total. The van der Waals surface area contributed by atoms with Crippen LogP contribution in [-0.4, -0.2) is 28.3 Å². The van der Waals surface area contributed by atoms with E-state index in [-0.39, 0.29) is 18.1 Å². The molecule has 2 aromatic rings. The normalized spacial score (nSPS) is 22.9. The molecule has 0 spiro atoms. The number of β-amino-alcohol motifs (C(OH)–C–C–N with tert-alkyl or cyclic N) is 1. The van der Waals surface area contributed by atoms with E-state index in [2.05, 4.69) is 15.5 Å². The van der Waals surface area contributed by atoms with Gasteiger partial charge in [-0.15, -0.1) is 0 Å². The number of benzene rings is 1. The van der Waals surface area contributed by atoms with E-state index < -0.39 is 5.60 Å². The summed E-state index contributed by atoms with van der Waals surface area (Å²) in [5, 5.41) is 17.4. The summed E-state index contributed by atoms with van der Waals surface area (Å²) in [5.74, 6) is 0.289. The smallest absolute Gasteiger partial charge is 0.259 e. The van der Waals surface area contributed by atoms with Gasteiger partial charge in [0.25, 0.3) is 5.89 Å². The van der Waals surface area contributed by atoms with Gasteiger partial charge in [-0.2, -0.15) is 4.98 Å². The SMILES string of the molecule is OC1(c2nc(Cc3ccccc3F)no2)CCCNC1. The highest BCUT2D eigenvalue weighted by Gasteiger charge is 2.37. The fourth-order valence-electron chi connectivity index (χ4n) is 2.40. The number of aliphatic hydroxyl groups is 1. The molecule has 1 atom stereocenters. The predicted molar refractivity (Wildman–Crippen MR) is 69.5 cm³/mol. The maximum Gasteiger partial charge on any atom is 0.259 e. The van der Waals surface area contributed by atoms with E-state index in [1.54, 1.807) is 18.2 Å². The van der Waals surface area contributed by atoms with Crippen molar-refractivity contribution in [2.45, 2.75) is 24.9 Å². The molecule has 0 saturated carbocycles. The Morgan fingerprint density at radius 2 is 2.25 bits per heavy atom. The zero-order chi connectivity index (χ0) is 14.0. The number of hydrogen-bond donors (Lipinski definition) is 2. The summed E-state index contributed by atoms with van der Waals surface area (Å²) in [7, 11) is 0. The molecule has 1 aliphatic rings. The Kier molecular flexibility index (Phi) is 3.50. The van der Waals surface area contributed by atoms with Gasteiger partial charge in [0.1, 0.15) is 5.82 Å². The van der Waals surface area contributed by atoms with Crippen molar-refractivity contribution < 1.29 is 14.0 Å². The lowest BCUT2D eigenvalue weighted by atomic mass is 9.94. The first-order chi connectivity index (χ1) is 9.67. The summed E-state index contributed by atoms with van der Waals surface area (Å²) in [5.41, 5.74) is -0.604. The number of hydrogen-bond acceptors (Lipinski definition) is 5. The zero-order valence-electron chi connectivity index (χ0n) is 11.0. The fraction of sp³-hybridized carbons (Fsp3) is 0.429. The molecule has 0 bridgehead atoms. The first kappa shape index (κ1) is 13.2. The summed E-state index contributed by atoms with van der Waals surface area (Å²) < 4.78 is 18.7. The molecule has 5 nitrogen and oxygen atoms in total. The van der Waals surface area contributed by atoms with Crippen molar-refractivity contribution in [2.24, 2.45) is 0 Å². The molecular formula is C14H16FN3O2. The molecule has 1 aromatic heterocycles. The van der Waals surface area contributed by atoms with Gasteiger partial charge in [-0.05, 0) is 31.0 Å². The minimum Gasteiger partial charge on any atom is -0.379 e. The molecule has 1 fully saturated rings. The molecule has 0 amide bonds. The number of aromatic nitrogens is 2. The number of piperidine rings is 1. The van der Waals surface area contributed by atoms with Gasteiger partial charge in [-0.1, -0.05) is 23.4 Å². The molecule has 1 unspecified atom stereocenters. The molecule has 2 heterocycles. The van der Waals surface area contributed by atoms with Crippen molar-refractivity contribution in [3.8, 4) is 0 Å². The lowest BCUT2D eigenvalue weighted by Gasteiger charge is -2.28. The minimum absolute atomic E-state index is 0.205. The fourth-order valence-corrected chi connectivity index (χ4v) is 2.40. The third kappa shape index (κ3) is 2.57. The molecule has 0 aliphatic carbocycles. The molecule has 20 heavy (non-hydrogen) atoms. The van der Waals surface area contributed by atoms with E-state index >= 15 is 0 Å². The summed E-state index contributed by atoms with van der Waals surface area (Å²) in [6.45, 7) is 1.27. The largest absolute Gasteiger partial charge is 0.379 e. The molecule has 0 radical (unpaired) electrons. The number of nitrogens with zero attached hydrogens (tertiary/aromatic N) is 2. The van der Waals surface area contributed by atoms with Crippen molar-refractivity contribution in [1.29, 1.82) is 0 Å². The van der Waals surface area contributed by atoms with E-state index in [4.69, 9.17) is 4.52 Å². The summed E-state index contributed by atoms with van der Waals surface area (Å²) >= 11 is 0. The first-order valence-electron chi connectivity index (χ1n) is 6.67. The van der Waals surface area contributed by atoms with Crippen LogP contribution in [0.4, 0.5) is 4.39 Å². The van der Waals surface area contributed by atoms with Gasteiger partial charge in [0.05, 0.1) is 0 Å². The first-order valence-corrected chi connectivity index (χ1v) is 6.67. The number of nitrogens with one attached hydrogen (secondary N) is 1. The number of rotatable bonds is 3. The van der Waals surface area contributed by atoms with E-state index in [0.29, 0.717) is 24.4 Å². The highest BCUT2D eigenvalue weighted by atomic mass is 19.1. The second kappa shape index (κ2) is 5.30. The molecule has 1 aliphatic heterocycles. The Hall–Kier alpha value is -1.79. The standard InChI is InChI=1S/C14H16FN3O2/c15-11-5-2-1-4-10(11)8-12-17-13(20-18-12)14(19)6-3-7-16-9-14/h1-2,4-5,16,19H,3,6-9H2. The second-order valence-electron chi connectivity index (χ2n) is 5.10. The van der Waals surface area contributed by atoms with Crippen molar-refractivity contribution in [1.82, 2.24) is 15.5 Å². The Morgan fingerprint density at radius 1 is 1.40 bits per heavy atom. The van der Waals surface area contributed by atoms with Crippen molar-refractivity contribution in [3.63, 3.8) is 0 Å². The van der Waals surface area contributed by atoms with Crippen LogP contribution in [0.15, 0.2) is 28.8 Å². The van der Waals surface area contributed by atoms with Crippen LogP contribution >= 0.6 is 0 Å². The van der Waals surface area contributed by atoms with Gasteiger partial charge in [-0.3, -0.25) is 0 Å². The average molecular weight is 277 g/mol. The second-order valence-corrected chi connectivity index (χ2v) is 5.10. The maximum absolute atomic E-state index is 13.6. The molecule has 1 saturated heterocycles. The van der Waals surface area contributed by atoms with Crippen LogP contribution in [0.1, 0.15) is 30.1 Å². The maximum atomic E-state index is 13.6. The van der Waals surface area contributed by atoms with Gasteiger partial charge in [0.15, 0.2) is 11.4 Å². The average Bonchev–Trinajstić information content (AvgIpc) is 2.92. The van der Waals surface area contributed by atoms with Crippen LogP contribution in [0.2, 0.25) is 0 Å². The van der Waals surface area contributed by atoms with Crippen molar-refractivity contribution >= 4 is 0 Å². The Labute approximate surface area is 115 Å². The van der Waals surface area contributed by atoms with Gasteiger partial charge in [0.2, 0.25) is 0 Å². The molecule has 6 heteroatoms. The van der Waals surface area contributed by atoms with Crippen LogP contribution < -0.4 is 5.32 Å². The lowest BCUT2D eigenvalue weighted by molar-refractivity contribution is -0.0167.